The van der Waals surface area contributed by atoms with Gasteiger partial charge in [-0.3, -0.25) is 4.57 Å². The van der Waals surface area contributed by atoms with Gasteiger partial charge in [-0.2, -0.15) is 0 Å². The summed E-state index contributed by atoms with van der Waals surface area (Å²) in [6, 6.07) is 11.3. The van der Waals surface area contributed by atoms with E-state index in [0.717, 1.165) is 10.2 Å². The molecule has 0 saturated heterocycles. The lowest BCUT2D eigenvalue weighted by molar-refractivity contribution is 0.211. The van der Waals surface area contributed by atoms with Crippen LogP contribution < -0.4 is 5.32 Å². The Morgan fingerprint density at radius 2 is 1.96 bits per heavy atom. The number of hydrogen-bond acceptors (Lipinski definition) is 7. The number of anilines is 1. The molecule has 2 aromatic heterocycles. The summed E-state index contributed by atoms with van der Waals surface area (Å²) < 4.78 is 30.7. The molecule has 0 aliphatic carbocycles. The molecule has 3 aromatic rings. The van der Waals surface area contributed by atoms with Crippen molar-refractivity contribution in [2.45, 2.75) is 19.6 Å². The highest BCUT2D eigenvalue weighted by molar-refractivity contribution is 7.54. The zero-order chi connectivity index (χ0) is 17.0. The van der Waals surface area contributed by atoms with Crippen molar-refractivity contribution < 1.29 is 18.0 Å². The number of thiazole rings is 1. The van der Waals surface area contributed by atoms with Gasteiger partial charge < -0.3 is 18.8 Å². The van der Waals surface area contributed by atoms with E-state index in [1.807, 2.05) is 24.3 Å². The first-order valence-electron chi connectivity index (χ1n) is 7.70. The largest absolute Gasteiger partial charge is 0.466 e. The third kappa shape index (κ3) is 3.54. The van der Waals surface area contributed by atoms with Gasteiger partial charge in [0, 0.05) is 0 Å². The van der Waals surface area contributed by atoms with Crippen LogP contribution in [-0.2, 0) is 13.6 Å². The van der Waals surface area contributed by atoms with Gasteiger partial charge in [-0.05, 0) is 38.1 Å². The van der Waals surface area contributed by atoms with Gasteiger partial charge in [0.05, 0.1) is 29.7 Å². The van der Waals surface area contributed by atoms with E-state index >= 15 is 0 Å². The fraction of sp³-hybridized carbons (Fsp3) is 0.312. The van der Waals surface area contributed by atoms with Crippen molar-refractivity contribution >= 4 is 34.3 Å². The Labute approximate surface area is 144 Å². The summed E-state index contributed by atoms with van der Waals surface area (Å²) in [6.07, 6.45) is 1.53. The predicted molar refractivity (Wildman–Crippen MR) is 95.6 cm³/mol. The molecule has 1 unspecified atom stereocenters. The molecule has 0 fully saturated rings. The Morgan fingerprint density at radius 1 is 1.21 bits per heavy atom. The highest BCUT2D eigenvalue weighted by Crippen LogP contribution is 2.61. The average Bonchev–Trinajstić information content (AvgIpc) is 3.22. The van der Waals surface area contributed by atoms with E-state index in [2.05, 4.69) is 10.3 Å². The molecule has 0 amide bonds. The van der Waals surface area contributed by atoms with Gasteiger partial charge in [0.25, 0.3) is 0 Å². The molecule has 6 nitrogen and oxygen atoms in total. The number of rotatable bonds is 8. The maximum Gasteiger partial charge on any atom is 0.360 e. The van der Waals surface area contributed by atoms with Gasteiger partial charge in [-0.1, -0.05) is 23.5 Å². The van der Waals surface area contributed by atoms with Crippen LogP contribution in [0.2, 0.25) is 0 Å². The minimum Gasteiger partial charge on any atom is -0.466 e. The molecule has 0 saturated carbocycles. The van der Waals surface area contributed by atoms with Crippen LogP contribution in [0.3, 0.4) is 0 Å². The summed E-state index contributed by atoms with van der Waals surface area (Å²) in [7, 11) is -3.47. The molecule has 0 aliphatic heterocycles. The fourth-order valence-corrected chi connectivity index (χ4v) is 5.16. The SMILES string of the molecule is CCOP(=O)(OCC)C(Nc1nc2ccccc2s1)c1ccco1. The molecule has 0 radical (unpaired) electrons. The topological polar surface area (TPSA) is 73.6 Å². The van der Waals surface area contributed by atoms with Crippen molar-refractivity contribution in [3.8, 4) is 0 Å². The summed E-state index contributed by atoms with van der Waals surface area (Å²) in [5.41, 5.74) is 0.880. The lowest BCUT2D eigenvalue weighted by Crippen LogP contribution is -2.14. The smallest absolute Gasteiger partial charge is 0.360 e. The maximum atomic E-state index is 13.2. The van der Waals surface area contributed by atoms with Gasteiger partial charge in [-0.15, -0.1) is 0 Å². The first kappa shape index (κ1) is 17.2. The van der Waals surface area contributed by atoms with Crippen LogP contribution in [0.5, 0.6) is 0 Å². The zero-order valence-electron chi connectivity index (χ0n) is 13.5. The number of para-hydroxylation sites is 1. The zero-order valence-corrected chi connectivity index (χ0v) is 15.2. The molecular weight excluding hydrogens is 347 g/mol. The van der Waals surface area contributed by atoms with E-state index in [-0.39, 0.29) is 13.2 Å². The summed E-state index contributed by atoms with van der Waals surface area (Å²) in [6.45, 7) is 4.11. The Morgan fingerprint density at radius 3 is 2.58 bits per heavy atom. The van der Waals surface area contributed by atoms with Crippen molar-refractivity contribution in [2.24, 2.45) is 0 Å². The summed E-state index contributed by atoms with van der Waals surface area (Å²) in [4.78, 5) is 4.53. The monoisotopic (exact) mass is 366 g/mol. The number of hydrogen-bond donors (Lipinski definition) is 1. The van der Waals surface area contributed by atoms with E-state index in [4.69, 9.17) is 13.5 Å². The summed E-state index contributed by atoms with van der Waals surface area (Å²) in [5.74, 6) is -0.271. The van der Waals surface area contributed by atoms with Gasteiger partial charge >= 0.3 is 7.60 Å². The van der Waals surface area contributed by atoms with Gasteiger partial charge in [0.2, 0.25) is 0 Å². The highest BCUT2D eigenvalue weighted by Gasteiger charge is 2.39. The highest BCUT2D eigenvalue weighted by atomic mass is 32.1. The third-order valence-electron chi connectivity index (χ3n) is 3.30. The molecule has 8 heteroatoms. The van der Waals surface area contributed by atoms with E-state index in [1.54, 1.807) is 26.0 Å². The minimum absolute atomic E-state index is 0.274. The van der Waals surface area contributed by atoms with Gasteiger partial charge in [0.15, 0.2) is 10.9 Å². The average molecular weight is 366 g/mol. The van der Waals surface area contributed by atoms with Crippen LogP contribution in [0.4, 0.5) is 5.13 Å². The molecule has 1 atom stereocenters. The second-order valence-electron chi connectivity index (χ2n) is 4.92. The van der Waals surface area contributed by atoms with Crippen molar-refractivity contribution in [1.29, 1.82) is 0 Å². The normalized spacial score (nSPS) is 13.2. The number of benzene rings is 1. The molecular formula is C16H19N2O4PS. The lowest BCUT2D eigenvalue weighted by Gasteiger charge is -2.25. The first-order chi connectivity index (χ1) is 11.7. The minimum atomic E-state index is -3.47. The van der Waals surface area contributed by atoms with Gasteiger partial charge in [-0.25, -0.2) is 4.98 Å². The van der Waals surface area contributed by atoms with E-state index in [9.17, 15) is 4.57 Å². The van der Waals surface area contributed by atoms with Gasteiger partial charge in [0.1, 0.15) is 5.76 Å². The second-order valence-corrected chi connectivity index (χ2v) is 8.07. The van der Waals surface area contributed by atoms with Crippen molar-refractivity contribution in [3.05, 3.63) is 48.4 Å². The van der Waals surface area contributed by atoms with Crippen molar-refractivity contribution in [1.82, 2.24) is 4.98 Å². The Hall–Kier alpha value is -1.66. The summed E-state index contributed by atoms with van der Waals surface area (Å²) >= 11 is 1.48. The number of nitrogens with zero attached hydrogens (tertiary/aromatic N) is 1. The molecule has 1 aromatic carbocycles. The van der Waals surface area contributed by atoms with Crippen molar-refractivity contribution in [3.63, 3.8) is 0 Å². The molecule has 0 spiro atoms. The molecule has 1 N–H and O–H groups in total. The number of fused-ring (bicyclic) bond motifs is 1. The molecule has 3 rings (SSSR count). The van der Waals surface area contributed by atoms with E-state index < -0.39 is 13.4 Å². The number of aromatic nitrogens is 1. The fourth-order valence-electron chi connectivity index (χ4n) is 2.35. The molecule has 24 heavy (non-hydrogen) atoms. The standard InChI is InChI=1S/C16H19N2O4PS/c1-3-21-23(19,22-4-2)15(13-9-7-11-20-13)18-16-17-12-8-5-6-10-14(12)24-16/h5-11,15H,3-4H2,1-2H3,(H,17,18). The Balaban J connectivity index is 1.97. The molecule has 0 bridgehead atoms. The van der Waals surface area contributed by atoms with Crippen LogP contribution in [0, 0.1) is 0 Å². The molecule has 128 valence electrons. The van der Waals surface area contributed by atoms with Crippen molar-refractivity contribution in [2.75, 3.05) is 18.5 Å². The van der Waals surface area contributed by atoms with E-state index in [0.29, 0.717) is 10.9 Å². The first-order valence-corrected chi connectivity index (χ1v) is 10.1. The van der Waals surface area contributed by atoms with Crippen LogP contribution in [-0.4, -0.2) is 18.2 Å². The number of nitrogens with one attached hydrogen (secondary N) is 1. The summed E-state index contributed by atoms with van der Waals surface area (Å²) in [5, 5.41) is 3.82. The van der Waals surface area contributed by atoms with E-state index in [1.165, 1.54) is 17.6 Å². The second kappa shape index (κ2) is 7.49. The van der Waals surface area contributed by atoms with Crippen LogP contribution in [0.15, 0.2) is 47.1 Å². The lowest BCUT2D eigenvalue weighted by atomic mass is 10.3. The quantitative estimate of drug-likeness (QED) is 0.548. The Kier molecular flexibility index (Phi) is 5.36. The third-order valence-corrected chi connectivity index (χ3v) is 6.52. The van der Waals surface area contributed by atoms with Crippen LogP contribution in [0.1, 0.15) is 25.4 Å². The maximum absolute atomic E-state index is 13.2. The Bertz CT molecular complexity index is 791. The van der Waals surface area contributed by atoms with Crippen LogP contribution >= 0.6 is 18.9 Å². The molecule has 2 heterocycles. The molecule has 0 aliphatic rings. The predicted octanol–water partition coefficient (Wildman–Crippen LogP) is 5.27. The van der Waals surface area contributed by atoms with Crippen LogP contribution in [0.25, 0.3) is 10.2 Å². The number of furan rings is 1.